The number of nitrogens with one attached hydrogen (secondary N) is 1. The summed E-state index contributed by atoms with van der Waals surface area (Å²) in [6, 6.07) is 0. The maximum atomic E-state index is 4.94. The van der Waals surface area contributed by atoms with Crippen LogP contribution in [0, 0.1) is 20.8 Å². The lowest BCUT2D eigenvalue weighted by atomic mass is 10.4. The zero-order chi connectivity index (χ0) is 11.5. The van der Waals surface area contributed by atoms with E-state index in [4.69, 9.17) is 4.52 Å². The molecule has 0 unspecified atom stereocenters. The van der Waals surface area contributed by atoms with E-state index in [2.05, 4.69) is 30.6 Å². The van der Waals surface area contributed by atoms with Gasteiger partial charge in [0.25, 0.3) is 0 Å². The topological polar surface area (TPSA) is 89.6 Å². The highest BCUT2D eigenvalue weighted by Gasteiger charge is 2.04. The van der Waals surface area contributed by atoms with E-state index in [1.54, 1.807) is 6.92 Å². The fourth-order valence-electron chi connectivity index (χ4n) is 1.10. The number of nitrogens with zero attached hydrogens (tertiary/aromatic N) is 5. The second kappa shape index (κ2) is 4.21. The van der Waals surface area contributed by atoms with Gasteiger partial charge in [-0.25, -0.2) is 4.98 Å². The highest BCUT2D eigenvalue weighted by Crippen LogP contribution is 2.04. The molecule has 0 aliphatic heterocycles. The summed E-state index contributed by atoms with van der Waals surface area (Å²) in [5.41, 5.74) is 1.67. The number of anilines is 1. The number of hydrogen-bond acceptors (Lipinski definition) is 7. The Bertz CT molecular complexity index is 494. The molecule has 2 heterocycles. The van der Waals surface area contributed by atoms with E-state index in [1.165, 1.54) is 0 Å². The number of rotatable bonds is 3. The summed E-state index contributed by atoms with van der Waals surface area (Å²) < 4.78 is 4.94. The lowest BCUT2D eigenvalue weighted by Crippen LogP contribution is -2.07. The predicted octanol–water partition coefficient (Wildman–Crippen LogP) is 0.792. The molecule has 0 aromatic carbocycles. The van der Waals surface area contributed by atoms with Gasteiger partial charge in [-0.05, 0) is 20.8 Å². The minimum atomic E-state index is 0.394. The van der Waals surface area contributed by atoms with E-state index >= 15 is 0 Å². The van der Waals surface area contributed by atoms with Gasteiger partial charge in [-0.1, -0.05) is 5.16 Å². The van der Waals surface area contributed by atoms with Crippen molar-refractivity contribution >= 4 is 5.95 Å². The van der Waals surface area contributed by atoms with Crippen molar-refractivity contribution in [3.05, 3.63) is 23.1 Å². The summed E-state index contributed by atoms with van der Waals surface area (Å²) in [7, 11) is 0. The van der Waals surface area contributed by atoms with Gasteiger partial charge in [-0.2, -0.15) is 10.1 Å². The first-order valence-corrected chi connectivity index (χ1v) is 4.86. The van der Waals surface area contributed by atoms with Gasteiger partial charge in [0.2, 0.25) is 11.8 Å². The number of aryl methyl sites for hydroxylation is 3. The molecule has 0 spiro atoms. The molecule has 0 aliphatic carbocycles. The molecule has 0 saturated heterocycles. The summed E-state index contributed by atoms with van der Waals surface area (Å²) in [6.45, 7) is 5.90. The van der Waals surface area contributed by atoms with E-state index in [0.29, 0.717) is 24.2 Å². The highest BCUT2D eigenvalue weighted by atomic mass is 16.5. The van der Waals surface area contributed by atoms with Crippen LogP contribution in [-0.4, -0.2) is 25.3 Å². The Kier molecular flexibility index (Phi) is 2.76. The Hall–Kier alpha value is -2.05. The highest BCUT2D eigenvalue weighted by molar-refractivity contribution is 5.24. The molecule has 7 heteroatoms. The van der Waals surface area contributed by atoms with E-state index in [-0.39, 0.29) is 0 Å². The molecule has 0 atom stereocenters. The Balaban J connectivity index is 2.02. The van der Waals surface area contributed by atoms with Crippen LogP contribution < -0.4 is 5.32 Å². The molecule has 84 valence electrons. The van der Waals surface area contributed by atoms with Crippen molar-refractivity contribution in [2.45, 2.75) is 27.3 Å². The average Bonchev–Trinajstić information content (AvgIpc) is 2.66. The summed E-state index contributed by atoms with van der Waals surface area (Å²) in [5.74, 6) is 1.56. The monoisotopic (exact) mass is 220 g/mol. The zero-order valence-corrected chi connectivity index (χ0v) is 9.35. The van der Waals surface area contributed by atoms with Crippen molar-refractivity contribution in [1.82, 2.24) is 25.3 Å². The van der Waals surface area contributed by atoms with Gasteiger partial charge in [0.1, 0.15) is 0 Å². The molecule has 0 radical (unpaired) electrons. The van der Waals surface area contributed by atoms with Gasteiger partial charge in [0.05, 0.1) is 17.9 Å². The fraction of sp³-hybridized carbons (Fsp3) is 0.444. The van der Waals surface area contributed by atoms with Gasteiger partial charge >= 0.3 is 0 Å². The van der Waals surface area contributed by atoms with Crippen LogP contribution in [0.1, 0.15) is 23.1 Å². The van der Waals surface area contributed by atoms with E-state index < -0.39 is 0 Å². The Labute approximate surface area is 92.3 Å². The van der Waals surface area contributed by atoms with Crippen molar-refractivity contribution in [3.63, 3.8) is 0 Å². The summed E-state index contributed by atoms with van der Waals surface area (Å²) >= 11 is 0. The first-order chi connectivity index (χ1) is 7.65. The largest absolute Gasteiger partial charge is 0.344 e. The third kappa shape index (κ3) is 2.30. The van der Waals surface area contributed by atoms with E-state index in [1.807, 2.05) is 13.8 Å². The molecule has 0 amide bonds. The first-order valence-electron chi connectivity index (χ1n) is 4.86. The minimum Gasteiger partial charge on any atom is -0.344 e. The van der Waals surface area contributed by atoms with Gasteiger partial charge < -0.3 is 9.84 Å². The SMILES string of the molecule is Cc1noc(CNc2nnc(C)c(C)n2)n1. The van der Waals surface area contributed by atoms with Crippen LogP contribution in [0.15, 0.2) is 4.52 Å². The normalized spacial score (nSPS) is 10.4. The zero-order valence-electron chi connectivity index (χ0n) is 9.35. The van der Waals surface area contributed by atoms with Crippen LogP contribution in [0.4, 0.5) is 5.95 Å². The molecular formula is C9H12N6O. The quantitative estimate of drug-likeness (QED) is 0.817. The van der Waals surface area contributed by atoms with Crippen molar-refractivity contribution in [1.29, 1.82) is 0 Å². The van der Waals surface area contributed by atoms with Crippen LogP contribution in [0.5, 0.6) is 0 Å². The van der Waals surface area contributed by atoms with Crippen LogP contribution in [0.2, 0.25) is 0 Å². The molecular weight excluding hydrogens is 208 g/mol. The molecule has 16 heavy (non-hydrogen) atoms. The van der Waals surface area contributed by atoms with Crippen LogP contribution in [0.25, 0.3) is 0 Å². The lowest BCUT2D eigenvalue weighted by molar-refractivity contribution is 0.379. The van der Waals surface area contributed by atoms with Crippen molar-refractivity contribution in [3.8, 4) is 0 Å². The molecule has 2 aromatic rings. The fourth-order valence-corrected chi connectivity index (χ4v) is 1.10. The summed E-state index contributed by atoms with van der Waals surface area (Å²) in [4.78, 5) is 8.27. The molecule has 0 aliphatic rings. The first kappa shape index (κ1) is 10.5. The van der Waals surface area contributed by atoms with Gasteiger partial charge in [-0.15, -0.1) is 5.10 Å². The predicted molar refractivity (Wildman–Crippen MR) is 55.7 cm³/mol. The third-order valence-electron chi connectivity index (χ3n) is 2.06. The van der Waals surface area contributed by atoms with Crippen LogP contribution in [0.3, 0.4) is 0 Å². The maximum absolute atomic E-state index is 4.94. The number of aromatic nitrogens is 5. The molecule has 7 nitrogen and oxygen atoms in total. The molecule has 0 bridgehead atoms. The molecule has 2 rings (SSSR count). The van der Waals surface area contributed by atoms with Crippen LogP contribution >= 0.6 is 0 Å². The Morgan fingerprint density at radius 2 is 1.88 bits per heavy atom. The smallest absolute Gasteiger partial charge is 0.246 e. The Morgan fingerprint density at radius 1 is 1.06 bits per heavy atom. The lowest BCUT2D eigenvalue weighted by Gasteiger charge is -2.02. The summed E-state index contributed by atoms with van der Waals surface area (Å²) in [5, 5.41) is 14.5. The molecule has 0 saturated carbocycles. The summed E-state index contributed by atoms with van der Waals surface area (Å²) in [6.07, 6.45) is 0. The number of hydrogen-bond donors (Lipinski definition) is 1. The molecule has 1 N–H and O–H groups in total. The van der Waals surface area contributed by atoms with E-state index in [9.17, 15) is 0 Å². The minimum absolute atomic E-state index is 0.394. The van der Waals surface area contributed by atoms with Crippen molar-refractivity contribution < 1.29 is 4.52 Å². The van der Waals surface area contributed by atoms with E-state index in [0.717, 1.165) is 11.4 Å². The standard InChI is InChI=1S/C9H12N6O/c1-5-6(2)13-14-9(11-5)10-4-8-12-7(3)15-16-8/h4H2,1-3H3,(H,10,11,14). The van der Waals surface area contributed by atoms with Crippen molar-refractivity contribution in [2.24, 2.45) is 0 Å². The van der Waals surface area contributed by atoms with Crippen LogP contribution in [-0.2, 0) is 6.54 Å². The second-order valence-electron chi connectivity index (χ2n) is 3.40. The van der Waals surface area contributed by atoms with Gasteiger partial charge in [-0.3, -0.25) is 0 Å². The average molecular weight is 220 g/mol. The Morgan fingerprint density at radius 3 is 2.50 bits per heavy atom. The van der Waals surface area contributed by atoms with Gasteiger partial charge in [0.15, 0.2) is 5.82 Å². The van der Waals surface area contributed by atoms with Crippen molar-refractivity contribution in [2.75, 3.05) is 5.32 Å². The van der Waals surface area contributed by atoms with Gasteiger partial charge in [0, 0.05) is 0 Å². The molecule has 2 aromatic heterocycles. The molecule has 0 fully saturated rings. The third-order valence-corrected chi connectivity index (χ3v) is 2.06. The maximum Gasteiger partial charge on any atom is 0.246 e. The second-order valence-corrected chi connectivity index (χ2v) is 3.40.